The fourth-order valence-electron chi connectivity index (χ4n) is 2.31. The van der Waals surface area contributed by atoms with Crippen LogP contribution in [0.1, 0.15) is 17.8 Å². The minimum Gasteiger partial charge on any atom is -0.313 e. The second kappa shape index (κ2) is 6.04. The Labute approximate surface area is 116 Å². The summed E-state index contributed by atoms with van der Waals surface area (Å²) < 4.78 is 1.31. The van der Waals surface area contributed by atoms with E-state index in [1.54, 1.807) is 0 Å². The van der Waals surface area contributed by atoms with Crippen molar-refractivity contribution in [3.8, 4) is 0 Å². The molecule has 1 saturated heterocycles. The SMILES string of the molecule is c1ccc2sc(CCN[C@H]3CCCSC3)nc2c1. The largest absolute Gasteiger partial charge is 0.313 e. The first-order valence-corrected chi connectivity index (χ1v) is 8.54. The van der Waals surface area contributed by atoms with E-state index in [-0.39, 0.29) is 0 Å². The Bertz CT molecular complexity index is 470. The van der Waals surface area contributed by atoms with Crippen LogP contribution < -0.4 is 5.32 Å². The average molecular weight is 278 g/mol. The summed E-state index contributed by atoms with van der Waals surface area (Å²) in [6.07, 6.45) is 3.76. The van der Waals surface area contributed by atoms with Gasteiger partial charge in [0.15, 0.2) is 0 Å². The second-order valence-electron chi connectivity index (χ2n) is 4.69. The van der Waals surface area contributed by atoms with Crippen LogP contribution in [-0.2, 0) is 6.42 Å². The fraction of sp³-hybridized carbons (Fsp3) is 0.500. The van der Waals surface area contributed by atoms with Crippen LogP contribution in [0.5, 0.6) is 0 Å². The van der Waals surface area contributed by atoms with E-state index in [9.17, 15) is 0 Å². The molecule has 0 unspecified atom stereocenters. The molecule has 1 fully saturated rings. The molecule has 0 saturated carbocycles. The zero-order valence-electron chi connectivity index (χ0n) is 10.4. The summed E-state index contributed by atoms with van der Waals surface area (Å²) in [5.41, 5.74) is 1.14. The minimum atomic E-state index is 0.720. The van der Waals surface area contributed by atoms with E-state index in [0.717, 1.165) is 24.5 Å². The van der Waals surface area contributed by atoms with Crippen molar-refractivity contribution < 1.29 is 0 Å². The van der Waals surface area contributed by atoms with E-state index in [2.05, 4.69) is 46.3 Å². The number of fused-ring (bicyclic) bond motifs is 1. The zero-order chi connectivity index (χ0) is 12.2. The van der Waals surface area contributed by atoms with Crippen molar-refractivity contribution in [2.24, 2.45) is 0 Å². The molecule has 0 aliphatic carbocycles. The van der Waals surface area contributed by atoms with Gasteiger partial charge in [-0.25, -0.2) is 4.98 Å². The number of hydrogen-bond donors (Lipinski definition) is 1. The van der Waals surface area contributed by atoms with Crippen LogP contribution in [0.4, 0.5) is 0 Å². The van der Waals surface area contributed by atoms with Gasteiger partial charge >= 0.3 is 0 Å². The Balaban J connectivity index is 1.53. The molecule has 1 aliphatic rings. The van der Waals surface area contributed by atoms with Crippen molar-refractivity contribution in [1.29, 1.82) is 0 Å². The lowest BCUT2D eigenvalue weighted by Gasteiger charge is -2.22. The number of nitrogens with zero attached hydrogens (tertiary/aromatic N) is 1. The van der Waals surface area contributed by atoms with Crippen LogP contribution in [-0.4, -0.2) is 29.1 Å². The van der Waals surface area contributed by atoms with Crippen molar-refractivity contribution in [1.82, 2.24) is 10.3 Å². The van der Waals surface area contributed by atoms with E-state index in [1.807, 2.05) is 11.3 Å². The Hall–Kier alpha value is -0.580. The van der Waals surface area contributed by atoms with Crippen molar-refractivity contribution in [3.05, 3.63) is 29.3 Å². The first-order chi connectivity index (χ1) is 8.92. The van der Waals surface area contributed by atoms with Gasteiger partial charge in [-0.2, -0.15) is 11.8 Å². The summed E-state index contributed by atoms with van der Waals surface area (Å²) in [5, 5.41) is 4.92. The summed E-state index contributed by atoms with van der Waals surface area (Å²) in [6.45, 7) is 1.06. The molecule has 4 heteroatoms. The van der Waals surface area contributed by atoms with Gasteiger partial charge in [0, 0.05) is 24.8 Å². The molecular weight excluding hydrogens is 260 g/mol. The van der Waals surface area contributed by atoms with Crippen LogP contribution in [0.15, 0.2) is 24.3 Å². The third-order valence-corrected chi connectivity index (χ3v) is 5.58. The Morgan fingerprint density at radius 3 is 3.11 bits per heavy atom. The molecule has 96 valence electrons. The Kier molecular flexibility index (Phi) is 4.18. The van der Waals surface area contributed by atoms with Gasteiger partial charge in [0.2, 0.25) is 0 Å². The van der Waals surface area contributed by atoms with Crippen LogP contribution in [0.25, 0.3) is 10.2 Å². The molecule has 1 aromatic heterocycles. The molecule has 1 atom stereocenters. The summed E-state index contributed by atoms with van der Waals surface area (Å²) in [7, 11) is 0. The molecule has 2 nitrogen and oxygen atoms in total. The van der Waals surface area contributed by atoms with Crippen molar-refractivity contribution in [3.63, 3.8) is 0 Å². The van der Waals surface area contributed by atoms with E-state index < -0.39 is 0 Å². The van der Waals surface area contributed by atoms with E-state index in [4.69, 9.17) is 0 Å². The molecule has 18 heavy (non-hydrogen) atoms. The van der Waals surface area contributed by atoms with Crippen LogP contribution in [0.3, 0.4) is 0 Å². The van der Waals surface area contributed by atoms with E-state index in [0.29, 0.717) is 0 Å². The highest BCUT2D eigenvalue weighted by atomic mass is 32.2. The third-order valence-electron chi connectivity index (χ3n) is 3.27. The summed E-state index contributed by atoms with van der Waals surface area (Å²) in [4.78, 5) is 4.67. The van der Waals surface area contributed by atoms with Crippen LogP contribution in [0.2, 0.25) is 0 Å². The predicted molar refractivity (Wildman–Crippen MR) is 81.7 cm³/mol. The van der Waals surface area contributed by atoms with Crippen molar-refractivity contribution >= 4 is 33.3 Å². The van der Waals surface area contributed by atoms with Crippen molar-refractivity contribution in [2.75, 3.05) is 18.1 Å². The number of aromatic nitrogens is 1. The lowest BCUT2D eigenvalue weighted by Crippen LogP contribution is -2.35. The molecule has 1 aromatic carbocycles. The minimum absolute atomic E-state index is 0.720. The molecule has 2 aromatic rings. The molecule has 0 amide bonds. The summed E-state index contributed by atoms with van der Waals surface area (Å²) in [5.74, 6) is 2.62. The maximum absolute atomic E-state index is 4.67. The molecule has 0 bridgehead atoms. The van der Waals surface area contributed by atoms with Gasteiger partial charge in [-0.05, 0) is 30.7 Å². The molecular formula is C14H18N2S2. The highest BCUT2D eigenvalue weighted by molar-refractivity contribution is 7.99. The number of rotatable bonds is 4. The standard InChI is InChI=1S/C14H18N2S2/c1-2-6-13-12(5-1)16-14(18-13)7-8-15-11-4-3-9-17-10-11/h1-2,5-6,11,15H,3-4,7-10H2/t11-/m0/s1. The summed E-state index contributed by atoms with van der Waals surface area (Å²) >= 11 is 3.91. The Morgan fingerprint density at radius 2 is 2.28 bits per heavy atom. The first-order valence-electron chi connectivity index (χ1n) is 6.57. The number of hydrogen-bond acceptors (Lipinski definition) is 4. The number of benzene rings is 1. The molecule has 0 spiro atoms. The van der Waals surface area contributed by atoms with Crippen LogP contribution >= 0.6 is 23.1 Å². The van der Waals surface area contributed by atoms with E-state index in [1.165, 1.54) is 34.1 Å². The molecule has 3 rings (SSSR count). The zero-order valence-corrected chi connectivity index (χ0v) is 12.0. The summed E-state index contributed by atoms with van der Waals surface area (Å²) in [6, 6.07) is 9.12. The maximum Gasteiger partial charge on any atom is 0.0951 e. The van der Waals surface area contributed by atoms with Gasteiger partial charge in [-0.3, -0.25) is 0 Å². The maximum atomic E-state index is 4.67. The monoisotopic (exact) mass is 278 g/mol. The van der Waals surface area contributed by atoms with Crippen LogP contribution in [0, 0.1) is 0 Å². The van der Waals surface area contributed by atoms with E-state index >= 15 is 0 Å². The predicted octanol–water partition coefficient (Wildman–Crippen LogP) is 3.32. The quantitative estimate of drug-likeness (QED) is 0.928. The number of nitrogens with one attached hydrogen (secondary N) is 1. The van der Waals surface area contributed by atoms with Gasteiger partial charge in [0.25, 0.3) is 0 Å². The highest BCUT2D eigenvalue weighted by Crippen LogP contribution is 2.22. The van der Waals surface area contributed by atoms with Gasteiger partial charge in [-0.1, -0.05) is 12.1 Å². The average Bonchev–Trinajstić information content (AvgIpc) is 2.82. The number of para-hydroxylation sites is 1. The van der Waals surface area contributed by atoms with Gasteiger partial charge in [-0.15, -0.1) is 11.3 Å². The fourth-order valence-corrected chi connectivity index (χ4v) is 4.39. The number of thioether (sulfide) groups is 1. The van der Waals surface area contributed by atoms with Gasteiger partial charge in [0.05, 0.1) is 15.2 Å². The molecule has 1 aliphatic heterocycles. The lowest BCUT2D eigenvalue weighted by molar-refractivity contribution is 0.511. The smallest absolute Gasteiger partial charge is 0.0951 e. The second-order valence-corrected chi connectivity index (χ2v) is 6.96. The molecule has 2 heterocycles. The van der Waals surface area contributed by atoms with Crippen molar-refractivity contribution in [2.45, 2.75) is 25.3 Å². The topological polar surface area (TPSA) is 24.9 Å². The normalized spacial score (nSPS) is 20.3. The van der Waals surface area contributed by atoms with Gasteiger partial charge < -0.3 is 5.32 Å². The first kappa shape index (κ1) is 12.5. The molecule has 1 N–H and O–H groups in total. The lowest BCUT2D eigenvalue weighted by atomic mass is 10.2. The number of thiazole rings is 1. The van der Waals surface area contributed by atoms with Gasteiger partial charge in [0.1, 0.15) is 0 Å². The Morgan fingerprint density at radius 1 is 1.33 bits per heavy atom. The third kappa shape index (κ3) is 3.05. The molecule has 0 radical (unpaired) electrons. The highest BCUT2D eigenvalue weighted by Gasteiger charge is 2.12.